The Hall–Kier alpha value is -2.18. The summed E-state index contributed by atoms with van der Waals surface area (Å²) in [5, 5.41) is 15.6. The third-order valence-electron chi connectivity index (χ3n) is 5.63. The Kier molecular flexibility index (Phi) is 3.66. The average molecular weight is 328 g/mol. The number of hydrogen-bond donors (Lipinski definition) is 1. The molecule has 7 heteroatoms. The second-order valence-corrected chi connectivity index (χ2v) is 7.27. The minimum absolute atomic E-state index is 0.0229. The van der Waals surface area contributed by atoms with Gasteiger partial charge in [0.2, 0.25) is 0 Å². The Morgan fingerprint density at radius 1 is 1.46 bits per heavy atom. The number of likely N-dealkylation sites (tertiary alicyclic amines) is 1. The van der Waals surface area contributed by atoms with Gasteiger partial charge in [0.25, 0.3) is 5.91 Å². The van der Waals surface area contributed by atoms with Gasteiger partial charge in [0, 0.05) is 31.2 Å². The number of aromatic nitrogens is 5. The first-order chi connectivity index (χ1) is 11.6. The number of carbonyl (C=O) groups excluding carboxylic acids is 1. The van der Waals surface area contributed by atoms with E-state index in [2.05, 4.69) is 31.9 Å². The molecule has 128 valence electrons. The van der Waals surface area contributed by atoms with Crippen molar-refractivity contribution in [1.82, 2.24) is 29.9 Å². The molecule has 2 fully saturated rings. The number of amides is 1. The van der Waals surface area contributed by atoms with Crippen LogP contribution in [0, 0.1) is 12.3 Å². The monoisotopic (exact) mass is 328 g/mol. The van der Waals surface area contributed by atoms with Crippen LogP contribution in [0.25, 0.3) is 0 Å². The van der Waals surface area contributed by atoms with Gasteiger partial charge in [-0.15, -0.1) is 10.2 Å². The van der Waals surface area contributed by atoms with Gasteiger partial charge in [0.05, 0.1) is 0 Å². The van der Waals surface area contributed by atoms with Gasteiger partial charge in [-0.3, -0.25) is 9.89 Å². The highest BCUT2D eigenvalue weighted by atomic mass is 16.2. The molecule has 7 nitrogen and oxygen atoms in total. The predicted octanol–water partition coefficient (Wildman–Crippen LogP) is 2.13. The SMILES string of the molecule is CCCn1cnnc1C1CN(C(=O)c2cc(C)[nH]n2)CC12CCC2. The zero-order valence-corrected chi connectivity index (χ0v) is 14.3. The molecule has 1 aliphatic carbocycles. The zero-order valence-electron chi connectivity index (χ0n) is 14.3. The molecular weight excluding hydrogens is 304 g/mol. The van der Waals surface area contributed by atoms with Crippen LogP contribution in [0.4, 0.5) is 0 Å². The van der Waals surface area contributed by atoms with Crippen LogP contribution < -0.4 is 0 Å². The molecule has 2 aromatic rings. The zero-order chi connectivity index (χ0) is 16.7. The van der Waals surface area contributed by atoms with Gasteiger partial charge in [-0.25, -0.2) is 0 Å². The van der Waals surface area contributed by atoms with E-state index in [1.54, 1.807) is 0 Å². The fraction of sp³-hybridized carbons (Fsp3) is 0.647. The molecule has 0 bridgehead atoms. The summed E-state index contributed by atoms with van der Waals surface area (Å²) in [6.07, 6.45) is 6.45. The molecule has 1 unspecified atom stereocenters. The lowest BCUT2D eigenvalue weighted by molar-refractivity contribution is 0.0718. The van der Waals surface area contributed by atoms with Gasteiger partial charge in [-0.1, -0.05) is 13.3 Å². The Morgan fingerprint density at radius 3 is 2.92 bits per heavy atom. The quantitative estimate of drug-likeness (QED) is 0.932. The van der Waals surface area contributed by atoms with Crippen molar-refractivity contribution in [3.8, 4) is 0 Å². The Balaban J connectivity index is 1.61. The van der Waals surface area contributed by atoms with E-state index in [1.165, 1.54) is 19.3 Å². The predicted molar refractivity (Wildman–Crippen MR) is 88.6 cm³/mol. The van der Waals surface area contributed by atoms with Crippen LogP contribution in [0.1, 0.15) is 60.5 Å². The third-order valence-corrected chi connectivity index (χ3v) is 5.63. The molecule has 0 aromatic carbocycles. The molecule has 4 rings (SSSR count). The van der Waals surface area contributed by atoms with E-state index in [4.69, 9.17) is 0 Å². The number of carbonyl (C=O) groups is 1. The van der Waals surface area contributed by atoms with Gasteiger partial charge in [0.15, 0.2) is 0 Å². The lowest BCUT2D eigenvalue weighted by atomic mass is 9.62. The van der Waals surface area contributed by atoms with Crippen LogP contribution >= 0.6 is 0 Å². The second-order valence-electron chi connectivity index (χ2n) is 7.27. The van der Waals surface area contributed by atoms with E-state index in [9.17, 15) is 4.79 Å². The molecule has 1 saturated carbocycles. The number of hydrogen-bond acceptors (Lipinski definition) is 4. The first kappa shape index (κ1) is 15.4. The van der Waals surface area contributed by atoms with E-state index in [-0.39, 0.29) is 17.2 Å². The van der Waals surface area contributed by atoms with E-state index >= 15 is 0 Å². The van der Waals surface area contributed by atoms with Crippen molar-refractivity contribution in [2.45, 2.75) is 52.0 Å². The van der Waals surface area contributed by atoms with Gasteiger partial charge >= 0.3 is 0 Å². The van der Waals surface area contributed by atoms with Crippen molar-refractivity contribution in [1.29, 1.82) is 0 Å². The van der Waals surface area contributed by atoms with Crippen LogP contribution in [-0.4, -0.2) is 48.9 Å². The standard InChI is InChI=1S/C17H24N6O/c1-3-7-22-11-18-21-15(22)13-9-23(10-17(13)5-4-6-17)16(24)14-8-12(2)19-20-14/h8,11,13H,3-7,9-10H2,1-2H3,(H,19,20). The van der Waals surface area contributed by atoms with Crippen LogP contribution in [0.2, 0.25) is 0 Å². The van der Waals surface area contributed by atoms with E-state index < -0.39 is 0 Å². The summed E-state index contributed by atoms with van der Waals surface area (Å²) < 4.78 is 2.16. The summed E-state index contributed by atoms with van der Waals surface area (Å²) >= 11 is 0. The fourth-order valence-electron chi connectivity index (χ4n) is 4.25. The minimum Gasteiger partial charge on any atom is -0.336 e. The number of H-pyrrole nitrogens is 1. The number of rotatable bonds is 4. The van der Waals surface area contributed by atoms with Crippen molar-refractivity contribution in [2.24, 2.45) is 5.41 Å². The summed E-state index contributed by atoms with van der Waals surface area (Å²) in [4.78, 5) is 14.8. The number of aromatic amines is 1. The van der Waals surface area contributed by atoms with Gasteiger partial charge in [-0.2, -0.15) is 5.10 Å². The fourth-order valence-corrected chi connectivity index (χ4v) is 4.25. The molecule has 1 aliphatic heterocycles. The molecule has 24 heavy (non-hydrogen) atoms. The van der Waals surface area contributed by atoms with Crippen molar-refractivity contribution in [3.63, 3.8) is 0 Å². The Morgan fingerprint density at radius 2 is 2.29 bits per heavy atom. The summed E-state index contributed by atoms with van der Waals surface area (Å²) in [5.41, 5.74) is 1.60. The summed E-state index contributed by atoms with van der Waals surface area (Å²) in [6, 6.07) is 1.82. The van der Waals surface area contributed by atoms with E-state index in [1.807, 2.05) is 24.2 Å². The maximum atomic E-state index is 12.8. The first-order valence-corrected chi connectivity index (χ1v) is 8.82. The molecule has 1 atom stereocenters. The average Bonchev–Trinajstić information content (AvgIpc) is 3.23. The highest BCUT2D eigenvalue weighted by molar-refractivity contribution is 5.92. The van der Waals surface area contributed by atoms with Crippen LogP contribution in [0.15, 0.2) is 12.4 Å². The van der Waals surface area contributed by atoms with Crippen molar-refractivity contribution < 1.29 is 4.79 Å². The number of nitrogens with one attached hydrogen (secondary N) is 1. The van der Waals surface area contributed by atoms with Gasteiger partial charge in [-0.05, 0) is 37.7 Å². The lowest BCUT2D eigenvalue weighted by Crippen LogP contribution is -2.38. The third kappa shape index (κ3) is 2.34. The normalized spacial score (nSPS) is 22.1. The molecule has 2 aromatic heterocycles. The van der Waals surface area contributed by atoms with Gasteiger partial charge < -0.3 is 9.47 Å². The maximum absolute atomic E-state index is 12.8. The molecule has 3 heterocycles. The first-order valence-electron chi connectivity index (χ1n) is 8.82. The topological polar surface area (TPSA) is 79.7 Å². The summed E-state index contributed by atoms with van der Waals surface area (Å²) in [6.45, 7) is 6.53. The Labute approximate surface area is 141 Å². The summed E-state index contributed by atoms with van der Waals surface area (Å²) in [5.74, 6) is 1.35. The molecule has 1 N–H and O–H groups in total. The van der Waals surface area contributed by atoms with Gasteiger partial charge in [0.1, 0.15) is 17.8 Å². The van der Waals surface area contributed by atoms with Crippen LogP contribution in [-0.2, 0) is 6.54 Å². The molecule has 2 aliphatic rings. The highest BCUT2D eigenvalue weighted by Crippen LogP contribution is 2.55. The largest absolute Gasteiger partial charge is 0.336 e. The molecule has 0 radical (unpaired) electrons. The second kappa shape index (κ2) is 5.72. The van der Waals surface area contributed by atoms with Crippen molar-refractivity contribution in [3.05, 3.63) is 29.6 Å². The van der Waals surface area contributed by atoms with Crippen molar-refractivity contribution in [2.75, 3.05) is 13.1 Å². The lowest BCUT2D eigenvalue weighted by Gasteiger charge is -2.42. The number of nitrogens with zero attached hydrogens (tertiary/aromatic N) is 5. The van der Waals surface area contributed by atoms with Crippen LogP contribution in [0.3, 0.4) is 0 Å². The van der Waals surface area contributed by atoms with Crippen LogP contribution in [0.5, 0.6) is 0 Å². The number of aryl methyl sites for hydroxylation is 2. The maximum Gasteiger partial charge on any atom is 0.274 e. The molecule has 1 amide bonds. The van der Waals surface area contributed by atoms with E-state index in [0.717, 1.165) is 31.0 Å². The summed E-state index contributed by atoms with van der Waals surface area (Å²) in [7, 11) is 0. The highest BCUT2D eigenvalue weighted by Gasteiger charge is 2.53. The smallest absolute Gasteiger partial charge is 0.274 e. The molecular formula is C17H24N6O. The molecule has 1 spiro atoms. The Bertz CT molecular complexity index is 744. The minimum atomic E-state index is 0.0229. The molecule has 1 saturated heterocycles. The van der Waals surface area contributed by atoms with Crippen molar-refractivity contribution >= 4 is 5.91 Å². The van der Waals surface area contributed by atoms with E-state index in [0.29, 0.717) is 12.2 Å².